The van der Waals surface area contributed by atoms with Crippen LogP contribution in [0.2, 0.25) is 0 Å². The fourth-order valence-corrected chi connectivity index (χ4v) is 6.99. The molecule has 0 saturated carbocycles. The highest BCUT2D eigenvalue weighted by molar-refractivity contribution is 6.00. The molecule has 0 aliphatic carbocycles. The van der Waals surface area contributed by atoms with Crippen molar-refractivity contribution in [3.05, 3.63) is 60.2 Å². The van der Waals surface area contributed by atoms with Gasteiger partial charge in [0.05, 0.1) is 30.1 Å². The Kier molecular flexibility index (Phi) is 7.22. The molecule has 6 atom stereocenters. The molecule has 38 heavy (non-hydrogen) atoms. The third-order valence-electron chi connectivity index (χ3n) is 8.89. The maximum absolute atomic E-state index is 14.6. The normalized spacial score (nSPS) is 33.2. The second-order valence-corrected chi connectivity index (χ2v) is 11.0. The molecule has 1 spiro atoms. The summed E-state index contributed by atoms with van der Waals surface area (Å²) in [5.41, 5.74) is -1.56. The van der Waals surface area contributed by atoms with E-state index in [4.69, 9.17) is 4.74 Å². The quantitative estimate of drug-likeness (QED) is 0.420. The number of amides is 3. The molecular weight excluding hydrogens is 482 g/mol. The van der Waals surface area contributed by atoms with E-state index >= 15 is 0 Å². The summed E-state index contributed by atoms with van der Waals surface area (Å²) in [7, 11) is 1.74. The van der Waals surface area contributed by atoms with Crippen molar-refractivity contribution in [1.82, 2.24) is 14.7 Å². The molecule has 0 aromatic heterocycles. The predicted octanol–water partition coefficient (Wildman–Crippen LogP) is 2.70. The van der Waals surface area contributed by atoms with E-state index in [9.17, 15) is 19.5 Å². The van der Waals surface area contributed by atoms with E-state index in [0.717, 1.165) is 24.8 Å². The van der Waals surface area contributed by atoms with Gasteiger partial charge in [-0.05, 0) is 18.4 Å². The minimum absolute atomic E-state index is 0.155. The van der Waals surface area contributed by atoms with E-state index in [1.54, 1.807) is 16.8 Å². The molecule has 1 N–H and O–H groups in total. The van der Waals surface area contributed by atoms with Crippen molar-refractivity contribution >= 4 is 17.7 Å². The van der Waals surface area contributed by atoms with Crippen LogP contribution in [0.25, 0.3) is 0 Å². The molecule has 2 saturated heterocycles. The number of carbonyl (C=O) groups is 3. The Morgan fingerprint density at radius 2 is 1.71 bits per heavy atom. The number of rotatable bonds is 8. The lowest BCUT2D eigenvalue weighted by Gasteiger charge is -2.41. The number of nitrogens with zero attached hydrogens (tertiary/aromatic N) is 3. The predicted molar refractivity (Wildman–Crippen MR) is 143 cm³/mol. The number of fused-ring (bicyclic) bond motifs is 2. The lowest BCUT2D eigenvalue weighted by Crippen LogP contribution is -2.57. The summed E-state index contributed by atoms with van der Waals surface area (Å²) in [6.07, 6.45) is 11.1. The molecule has 4 heterocycles. The van der Waals surface area contributed by atoms with Crippen LogP contribution in [0, 0.1) is 11.8 Å². The molecule has 2 fully saturated rings. The second-order valence-electron chi connectivity index (χ2n) is 11.0. The van der Waals surface area contributed by atoms with Gasteiger partial charge in [-0.25, -0.2) is 0 Å². The van der Waals surface area contributed by atoms with Gasteiger partial charge in [-0.3, -0.25) is 14.4 Å². The average molecular weight is 522 g/mol. The van der Waals surface area contributed by atoms with Crippen molar-refractivity contribution < 1.29 is 24.2 Å². The van der Waals surface area contributed by atoms with Crippen LogP contribution in [0.1, 0.15) is 51.1 Å². The average Bonchev–Trinajstić information content (AvgIpc) is 3.23. The Balaban J connectivity index is 1.67. The molecule has 4 aliphatic rings. The van der Waals surface area contributed by atoms with E-state index < -0.39 is 35.1 Å². The van der Waals surface area contributed by atoms with Crippen LogP contribution in [-0.2, 0) is 19.1 Å². The van der Waals surface area contributed by atoms with Crippen molar-refractivity contribution in [2.45, 2.75) is 62.8 Å². The number of likely N-dealkylation sites (N-methyl/N-ethyl adjacent to an activating group) is 1. The molecule has 0 radical (unpaired) electrons. The summed E-state index contributed by atoms with van der Waals surface area (Å²) >= 11 is 0. The van der Waals surface area contributed by atoms with Gasteiger partial charge in [0.25, 0.3) is 0 Å². The SMILES string of the molecule is CCCCCN1CC=C[C@]23O[C@]4(CC)C=CCN(C)C(=O)[C@@H]4[C@H]2C(=O)N([C@H](CO)c2ccccc2)C3C1=O. The van der Waals surface area contributed by atoms with Crippen molar-refractivity contribution in [2.75, 3.05) is 33.3 Å². The lowest BCUT2D eigenvalue weighted by atomic mass is 9.73. The smallest absolute Gasteiger partial charge is 0.249 e. The van der Waals surface area contributed by atoms with Crippen LogP contribution in [-0.4, -0.2) is 88.1 Å². The van der Waals surface area contributed by atoms with Crippen LogP contribution in [0.15, 0.2) is 54.6 Å². The first kappa shape index (κ1) is 26.6. The van der Waals surface area contributed by atoms with Crippen LogP contribution in [0.4, 0.5) is 0 Å². The zero-order valence-electron chi connectivity index (χ0n) is 22.6. The van der Waals surface area contributed by atoms with E-state index in [2.05, 4.69) is 6.92 Å². The molecule has 3 amide bonds. The van der Waals surface area contributed by atoms with Gasteiger partial charge in [-0.15, -0.1) is 0 Å². The highest BCUT2D eigenvalue weighted by atomic mass is 16.5. The highest BCUT2D eigenvalue weighted by Crippen LogP contribution is 2.59. The number of hydrogen-bond donors (Lipinski definition) is 1. The minimum Gasteiger partial charge on any atom is -0.394 e. The maximum Gasteiger partial charge on any atom is 0.249 e. The summed E-state index contributed by atoms with van der Waals surface area (Å²) in [6.45, 7) is 5.17. The van der Waals surface area contributed by atoms with E-state index in [0.29, 0.717) is 26.1 Å². The minimum atomic E-state index is -1.31. The molecule has 1 aromatic rings. The number of carbonyl (C=O) groups excluding carboxylic acids is 3. The topological polar surface area (TPSA) is 90.4 Å². The van der Waals surface area contributed by atoms with Gasteiger partial charge in [-0.1, -0.05) is 81.3 Å². The maximum atomic E-state index is 14.6. The first-order valence-corrected chi connectivity index (χ1v) is 13.9. The molecule has 4 aliphatic heterocycles. The zero-order chi connectivity index (χ0) is 27.1. The number of likely N-dealkylation sites (tertiary alicyclic amines) is 1. The Morgan fingerprint density at radius 1 is 0.974 bits per heavy atom. The summed E-state index contributed by atoms with van der Waals surface area (Å²) < 4.78 is 6.96. The fourth-order valence-electron chi connectivity index (χ4n) is 6.99. The number of aliphatic hydroxyl groups is 1. The van der Waals surface area contributed by atoms with Crippen molar-refractivity contribution in [3.63, 3.8) is 0 Å². The molecular formula is C30H39N3O5. The molecule has 1 unspecified atom stereocenters. The molecule has 1 aromatic carbocycles. The third-order valence-corrected chi connectivity index (χ3v) is 8.89. The van der Waals surface area contributed by atoms with E-state index in [1.807, 2.05) is 61.6 Å². The Bertz CT molecular complexity index is 1140. The van der Waals surface area contributed by atoms with Gasteiger partial charge in [0.2, 0.25) is 17.7 Å². The number of aliphatic hydroxyl groups excluding tert-OH is 1. The molecule has 8 nitrogen and oxygen atoms in total. The summed E-state index contributed by atoms with van der Waals surface area (Å²) in [6, 6.07) is 7.57. The number of unbranched alkanes of at least 4 members (excludes halogenated alkanes) is 2. The van der Waals surface area contributed by atoms with Gasteiger partial charge in [0.15, 0.2) is 0 Å². The van der Waals surface area contributed by atoms with Gasteiger partial charge in [0.1, 0.15) is 11.6 Å². The Labute approximate surface area is 224 Å². The number of hydrogen-bond acceptors (Lipinski definition) is 5. The van der Waals surface area contributed by atoms with Crippen molar-refractivity contribution in [3.8, 4) is 0 Å². The summed E-state index contributed by atoms with van der Waals surface area (Å²) in [5, 5.41) is 10.6. The van der Waals surface area contributed by atoms with Gasteiger partial charge < -0.3 is 24.5 Å². The summed E-state index contributed by atoms with van der Waals surface area (Å²) in [4.78, 5) is 47.8. The standard InChI is InChI=1S/C30H39N3O5/c1-4-6-10-18-32-19-12-16-30-24(23-26(35)31(3)17-11-15-29(23,5-2)38-30)27(36)33(25(30)28(32)37)22(20-34)21-13-8-7-9-14-21/h7-9,11-16,22-25,34H,4-6,10,17-20H2,1-3H3/t22-,23+,24+,25?,29-,30+/m1/s1. The van der Waals surface area contributed by atoms with Gasteiger partial charge in [-0.2, -0.15) is 0 Å². The van der Waals surface area contributed by atoms with Crippen molar-refractivity contribution in [2.24, 2.45) is 11.8 Å². The number of ether oxygens (including phenoxy) is 1. The van der Waals surface area contributed by atoms with Crippen LogP contribution >= 0.6 is 0 Å². The van der Waals surface area contributed by atoms with E-state index in [1.165, 1.54) is 4.90 Å². The van der Waals surface area contributed by atoms with Crippen LogP contribution < -0.4 is 0 Å². The highest BCUT2D eigenvalue weighted by Gasteiger charge is 2.75. The monoisotopic (exact) mass is 521 g/mol. The molecule has 0 bridgehead atoms. The van der Waals surface area contributed by atoms with Crippen LogP contribution in [0.3, 0.4) is 0 Å². The molecule has 8 heteroatoms. The Morgan fingerprint density at radius 3 is 2.39 bits per heavy atom. The van der Waals surface area contributed by atoms with Gasteiger partial charge >= 0.3 is 0 Å². The van der Waals surface area contributed by atoms with Crippen LogP contribution in [0.5, 0.6) is 0 Å². The summed E-state index contributed by atoms with van der Waals surface area (Å²) in [5.74, 6) is -2.31. The lowest BCUT2D eigenvalue weighted by molar-refractivity contribution is -0.157. The Hall–Kier alpha value is -2.97. The molecule has 5 rings (SSSR count). The largest absolute Gasteiger partial charge is 0.394 e. The van der Waals surface area contributed by atoms with Gasteiger partial charge in [0, 0.05) is 26.7 Å². The fraction of sp³-hybridized carbons (Fsp3) is 0.567. The van der Waals surface area contributed by atoms with E-state index in [-0.39, 0.29) is 24.3 Å². The van der Waals surface area contributed by atoms with Crippen molar-refractivity contribution in [1.29, 1.82) is 0 Å². The first-order valence-electron chi connectivity index (χ1n) is 13.9. The zero-order valence-corrected chi connectivity index (χ0v) is 22.6. The third kappa shape index (κ3) is 3.92. The number of benzene rings is 1. The molecule has 204 valence electrons. The first-order chi connectivity index (χ1) is 18.3. The second kappa shape index (κ2) is 10.3.